The summed E-state index contributed by atoms with van der Waals surface area (Å²) >= 11 is 6.25. The summed E-state index contributed by atoms with van der Waals surface area (Å²) in [5.74, 6) is -1.17. The summed E-state index contributed by atoms with van der Waals surface area (Å²) in [5.41, 5.74) is -3.54. The Morgan fingerprint density at radius 1 is 1.18 bits per heavy atom. The highest BCUT2D eigenvalue weighted by Gasteiger charge is 2.59. The van der Waals surface area contributed by atoms with Crippen LogP contribution in [-0.2, 0) is 29.7 Å². The number of ether oxygens (including phenoxy) is 1. The molecule has 0 radical (unpaired) electrons. The molecule has 2 aromatic heterocycles. The summed E-state index contributed by atoms with van der Waals surface area (Å²) in [7, 11) is 1.76. The van der Waals surface area contributed by atoms with Gasteiger partial charge in [-0.1, -0.05) is 30.7 Å². The second-order valence-electron chi connectivity index (χ2n) is 11.4. The fourth-order valence-electron chi connectivity index (χ4n) is 6.08. The average molecular weight is 617 g/mol. The highest BCUT2D eigenvalue weighted by atomic mass is 35.5. The zero-order chi connectivity index (χ0) is 31.3. The van der Waals surface area contributed by atoms with Crippen molar-refractivity contribution in [2.75, 3.05) is 6.61 Å². The van der Waals surface area contributed by atoms with Crippen LogP contribution in [0.4, 0.5) is 4.39 Å². The van der Waals surface area contributed by atoms with Gasteiger partial charge in [0.15, 0.2) is 0 Å². The zero-order valence-corrected chi connectivity index (χ0v) is 24.9. The quantitative estimate of drug-likeness (QED) is 0.284. The van der Waals surface area contributed by atoms with Crippen molar-refractivity contribution in [1.82, 2.24) is 24.4 Å². The number of benzene rings is 2. The van der Waals surface area contributed by atoms with Crippen molar-refractivity contribution in [2.45, 2.75) is 56.1 Å². The van der Waals surface area contributed by atoms with E-state index in [0.717, 1.165) is 6.42 Å². The van der Waals surface area contributed by atoms with E-state index in [-0.39, 0.29) is 47.7 Å². The van der Waals surface area contributed by atoms with Gasteiger partial charge in [-0.15, -0.1) is 0 Å². The molecule has 0 bridgehead atoms. The summed E-state index contributed by atoms with van der Waals surface area (Å²) < 4.78 is 25.3. The largest absolute Gasteiger partial charge is 0.393 e. The van der Waals surface area contributed by atoms with Crippen LogP contribution in [0.15, 0.2) is 61.3 Å². The molecule has 2 aromatic carbocycles. The number of aliphatic hydroxyl groups excluding tert-OH is 1. The number of imidazole rings is 1. The molecule has 1 unspecified atom stereocenters. The minimum atomic E-state index is -1.85. The minimum Gasteiger partial charge on any atom is -0.393 e. The van der Waals surface area contributed by atoms with Crippen LogP contribution in [0.25, 0.3) is 0 Å². The number of aromatic nitrogens is 4. The van der Waals surface area contributed by atoms with Crippen molar-refractivity contribution in [3.8, 4) is 6.07 Å². The summed E-state index contributed by atoms with van der Waals surface area (Å²) in [5, 5.41) is 32.0. The van der Waals surface area contributed by atoms with E-state index in [4.69, 9.17) is 16.3 Å². The summed E-state index contributed by atoms with van der Waals surface area (Å²) in [6, 6.07) is 11.2. The fraction of sp³-hybridized carbons (Fsp3) is 0.344. The molecule has 2 atom stereocenters. The van der Waals surface area contributed by atoms with Gasteiger partial charge in [-0.2, -0.15) is 5.26 Å². The first-order valence-corrected chi connectivity index (χ1v) is 14.6. The average Bonchev–Trinajstić information content (AvgIpc) is 3.55. The summed E-state index contributed by atoms with van der Waals surface area (Å²) in [6.07, 6.45) is 7.81. The topological polar surface area (TPSA) is 137 Å². The molecule has 1 aliphatic carbocycles. The molecule has 12 heteroatoms. The third-order valence-corrected chi connectivity index (χ3v) is 8.94. The number of aryl methyl sites for hydroxylation is 1. The maximum Gasteiger partial charge on any atom is 0.257 e. The third kappa shape index (κ3) is 4.66. The number of aliphatic hydroxyl groups is 2. The normalized spacial score (nSPS) is 20.1. The molecule has 1 aliphatic heterocycles. The molecule has 3 heterocycles. The standard InChI is InChI=1S/C32H30ClFN6O4/c1-3-31(43,26-16-39(2)19-38-26)22-11-24-28(25(34)12-22)32(21-5-7-23(33)8-6-21,44-30(18-41)9-4-10-30)40(29(24)42)17-27-36-14-20(13-35)15-37-27/h5-8,11-12,14-16,19,41,43H,3-4,9-10,17-18H2,1-2H3/t31?,32-/m1/s1. The van der Waals surface area contributed by atoms with Crippen molar-refractivity contribution in [3.05, 3.63) is 111 Å². The van der Waals surface area contributed by atoms with Gasteiger partial charge < -0.3 is 19.5 Å². The number of halogens is 2. The number of carbonyl (C=O) groups excluding carboxylic acids is 1. The number of hydrogen-bond donors (Lipinski definition) is 2. The van der Waals surface area contributed by atoms with Crippen LogP contribution >= 0.6 is 11.6 Å². The molecular formula is C32H30ClFN6O4. The third-order valence-electron chi connectivity index (χ3n) is 8.69. The lowest BCUT2D eigenvalue weighted by Crippen LogP contribution is -2.56. The zero-order valence-electron chi connectivity index (χ0n) is 24.2. The molecule has 0 saturated heterocycles. The van der Waals surface area contributed by atoms with E-state index >= 15 is 4.39 Å². The van der Waals surface area contributed by atoms with Gasteiger partial charge in [0.25, 0.3) is 5.91 Å². The van der Waals surface area contributed by atoms with Crippen molar-refractivity contribution in [3.63, 3.8) is 0 Å². The molecule has 1 saturated carbocycles. The smallest absolute Gasteiger partial charge is 0.257 e. The Hall–Kier alpha value is -4.21. The van der Waals surface area contributed by atoms with Crippen LogP contribution in [0.5, 0.6) is 0 Å². The first-order valence-electron chi connectivity index (χ1n) is 14.2. The Morgan fingerprint density at radius 2 is 1.89 bits per heavy atom. The van der Waals surface area contributed by atoms with Crippen molar-refractivity contribution < 1.29 is 24.1 Å². The molecule has 226 valence electrons. The number of rotatable bonds is 9. The molecule has 1 fully saturated rings. The van der Waals surface area contributed by atoms with Gasteiger partial charge in [0.1, 0.15) is 23.3 Å². The monoisotopic (exact) mass is 616 g/mol. The predicted molar refractivity (Wildman–Crippen MR) is 157 cm³/mol. The SMILES string of the molecule is CCC(O)(c1cc(F)c2c(c1)C(=O)N(Cc1ncc(C#N)cn1)[C@@]2(OC1(CO)CCC1)c1ccc(Cl)cc1)c1cn(C)cn1. The predicted octanol–water partition coefficient (Wildman–Crippen LogP) is 4.31. The van der Waals surface area contributed by atoms with E-state index in [1.807, 2.05) is 6.07 Å². The van der Waals surface area contributed by atoms with E-state index in [0.29, 0.717) is 29.1 Å². The second-order valence-corrected chi connectivity index (χ2v) is 11.8. The molecule has 0 spiro atoms. The Balaban J connectivity index is 1.60. The summed E-state index contributed by atoms with van der Waals surface area (Å²) in [6.45, 7) is 1.19. The van der Waals surface area contributed by atoms with Gasteiger partial charge in [-0.25, -0.2) is 19.3 Å². The Morgan fingerprint density at radius 3 is 2.43 bits per heavy atom. The minimum absolute atomic E-state index is 0.0150. The van der Waals surface area contributed by atoms with Crippen LogP contribution < -0.4 is 0 Å². The van der Waals surface area contributed by atoms with Crippen LogP contribution in [0, 0.1) is 17.1 Å². The first kappa shape index (κ1) is 29.8. The number of amides is 1. The van der Waals surface area contributed by atoms with E-state index in [9.17, 15) is 20.3 Å². The highest BCUT2D eigenvalue weighted by Crippen LogP contribution is 2.53. The number of hydrogen-bond acceptors (Lipinski definition) is 8. The summed E-state index contributed by atoms with van der Waals surface area (Å²) in [4.78, 5) is 28.7. The number of nitrogens with zero attached hydrogens (tertiary/aromatic N) is 6. The number of fused-ring (bicyclic) bond motifs is 1. The van der Waals surface area contributed by atoms with E-state index in [1.54, 1.807) is 49.0 Å². The molecule has 10 nitrogen and oxygen atoms in total. The highest BCUT2D eigenvalue weighted by molar-refractivity contribution is 6.30. The van der Waals surface area contributed by atoms with Crippen LogP contribution in [0.2, 0.25) is 5.02 Å². The first-order chi connectivity index (χ1) is 21.1. The molecule has 4 aromatic rings. The van der Waals surface area contributed by atoms with Gasteiger partial charge in [0, 0.05) is 36.2 Å². The van der Waals surface area contributed by atoms with Crippen LogP contribution in [0.3, 0.4) is 0 Å². The molecule has 2 aliphatic rings. The van der Waals surface area contributed by atoms with Crippen molar-refractivity contribution in [2.24, 2.45) is 7.05 Å². The Kier molecular flexibility index (Phi) is 7.50. The van der Waals surface area contributed by atoms with E-state index in [1.165, 1.54) is 35.8 Å². The lowest BCUT2D eigenvalue weighted by molar-refractivity contribution is -0.239. The van der Waals surface area contributed by atoms with Crippen LogP contribution in [0.1, 0.15) is 76.7 Å². The molecule has 44 heavy (non-hydrogen) atoms. The molecule has 6 rings (SSSR count). The molecule has 2 N–H and O–H groups in total. The van der Waals surface area contributed by atoms with Crippen molar-refractivity contribution in [1.29, 1.82) is 5.26 Å². The lowest BCUT2D eigenvalue weighted by atomic mass is 9.79. The number of nitriles is 1. The van der Waals surface area contributed by atoms with Gasteiger partial charge in [0.05, 0.1) is 47.5 Å². The molecular weight excluding hydrogens is 587 g/mol. The number of carbonyl (C=O) groups is 1. The van der Waals surface area contributed by atoms with Gasteiger partial charge >= 0.3 is 0 Å². The van der Waals surface area contributed by atoms with Gasteiger partial charge in [0.2, 0.25) is 5.72 Å². The fourth-order valence-corrected chi connectivity index (χ4v) is 6.20. The van der Waals surface area contributed by atoms with E-state index in [2.05, 4.69) is 15.0 Å². The van der Waals surface area contributed by atoms with Crippen molar-refractivity contribution >= 4 is 17.5 Å². The lowest BCUT2D eigenvalue weighted by Gasteiger charge is -2.50. The second kappa shape index (κ2) is 11.1. The maximum atomic E-state index is 16.8. The van der Waals surface area contributed by atoms with Gasteiger partial charge in [-0.05, 0) is 55.5 Å². The van der Waals surface area contributed by atoms with E-state index < -0.39 is 28.7 Å². The van der Waals surface area contributed by atoms with Gasteiger partial charge in [-0.3, -0.25) is 9.69 Å². The Bertz CT molecular complexity index is 1760. The maximum absolute atomic E-state index is 16.8. The molecule has 1 amide bonds. The Labute approximate surface area is 258 Å². The van der Waals surface area contributed by atoms with Crippen LogP contribution in [-0.4, -0.2) is 52.7 Å².